The summed E-state index contributed by atoms with van der Waals surface area (Å²) in [5, 5.41) is 7.85. The summed E-state index contributed by atoms with van der Waals surface area (Å²) < 4.78 is 41.8. The normalized spacial score (nSPS) is 22.2. The van der Waals surface area contributed by atoms with E-state index in [1.807, 2.05) is 20.8 Å². The molecule has 1 saturated heterocycles. The van der Waals surface area contributed by atoms with Gasteiger partial charge < -0.3 is 16.0 Å². The van der Waals surface area contributed by atoms with Gasteiger partial charge in [0.2, 0.25) is 23.6 Å². The number of hydrogen-bond donors (Lipinski definition) is 3. The maximum atomic E-state index is 14.5. The van der Waals surface area contributed by atoms with Gasteiger partial charge in [-0.3, -0.25) is 14.4 Å². The molecule has 0 bridgehead atoms. The molecule has 3 amide bonds. The summed E-state index contributed by atoms with van der Waals surface area (Å²) in [5.41, 5.74) is 0.301. The maximum absolute atomic E-state index is 14.5. The van der Waals surface area contributed by atoms with Gasteiger partial charge in [-0.2, -0.15) is 0 Å². The number of nitrogens with one attached hydrogen (secondary N) is 3. The van der Waals surface area contributed by atoms with Crippen LogP contribution >= 0.6 is 0 Å². The zero-order valence-electron chi connectivity index (χ0n) is 18.6. The number of carbonyl (C=O) groups excluding carboxylic acids is 3. The van der Waals surface area contributed by atoms with Crippen molar-refractivity contribution in [1.29, 1.82) is 0 Å². The van der Waals surface area contributed by atoms with Crippen molar-refractivity contribution in [2.24, 2.45) is 11.8 Å². The number of benzene rings is 1. The van der Waals surface area contributed by atoms with Gasteiger partial charge >= 0.3 is 0 Å². The smallest absolute Gasteiger partial charge is 0.248 e. The minimum absolute atomic E-state index is 0.0163. The summed E-state index contributed by atoms with van der Waals surface area (Å²) in [7, 11) is 0. The van der Waals surface area contributed by atoms with Crippen LogP contribution in [0.3, 0.4) is 0 Å². The van der Waals surface area contributed by atoms with Crippen LogP contribution in [0.15, 0.2) is 18.2 Å². The van der Waals surface area contributed by atoms with E-state index in [4.69, 9.17) is 0 Å². The summed E-state index contributed by atoms with van der Waals surface area (Å²) in [6.07, 6.45) is -0.567. The fourth-order valence-corrected chi connectivity index (χ4v) is 4.28. The van der Waals surface area contributed by atoms with E-state index in [9.17, 15) is 27.6 Å². The molecule has 1 aliphatic carbocycles. The second kappa shape index (κ2) is 9.11. The van der Waals surface area contributed by atoms with Crippen LogP contribution in [-0.4, -0.2) is 36.2 Å². The molecule has 1 saturated carbocycles. The van der Waals surface area contributed by atoms with Crippen LogP contribution in [0.25, 0.3) is 0 Å². The van der Waals surface area contributed by atoms with Crippen LogP contribution in [0, 0.1) is 17.7 Å². The lowest BCUT2D eigenvalue weighted by Gasteiger charge is -2.33. The number of amides is 3. The Kier molecular flexibility index (Phi) is 6.86. The first-order valence-corrected chi connectivity index (χ1v) is 10.9. The summed E-state index contributed by atoms with van der Waals surface area (Å²) in [4.78, 5) is 37.1. The summed E-state index contributed by atoms with van der Waals surface area (Å²) in [6.45, 7) is 5.78. The highest BCUT2D eigenvalue weighted by atomic mass is 19.3. The number of alkyl halides is 2. The first-order valence-electron chi connectivity index (χ1n) is 10.9. The van der Waals surface area contributed by atoms with Crippen molar-refractivity contribution in [1.82, 2.24) is 10.6 Å². The van der Waals surface area contributed by atoms with E-state index < -0.39 is 46.8 Å². The van der Waals surface area contributed by atoms with Crippen molar-refractivity contribution < 1.29 is 27.6 Å². The third-order valence-corrected chi connectivity index (χ3v) is 6.21. The van der Waals surface area contributed by atoms with E-state index in [0.29, 0.717) is 5.56 Å². The first kappa shape index (κ1) is 24.1. The van der Waals surface area contributed by atoms with Crippen molar-refractivity contribution >= 4 is 23.4 Å². The highest BCUT2D eigenvalue weighted by Crippen LogP contribution is 2.38. The molecule has 32 heavy (non-hydrogen) atoms. The van der Waals surface area contributed by atoms with Crippen LogP contribution in [0.1, 0.15) is 58.4 Å². The lowest BCUT2D eigenvalue weighted by atomic mass is 9.81. The van der Waals surface area contributed by atoms with Gasteiger partial charge in [0.25, 0.3) is 0 Å². The Labute approximate surface area is 185 Å². The molecule has 1 aliphatic heterocycles. The molecule has 0 spiro atoms. The summed E-state index contributed by atoms with van der Waals surface area (Å²) in [5.74, 6) is -5.67. The standard InChI is InChI=1S/C23H30F3N3O3/c1-22(2,3)16-5-4-15(11-17(16)24)28-21(32)19(13-6-8-23(25,26)9-7-13)29-20(31)14-10-18(30)27-12-14/h4-5,11,13-14,19H,6-10,12H2,1-3H3,(H,27,30)(H,28,32)(H,29,31)/t14-,19?/m1/s1. The van der Waals surface area contributed by atoms with Crippen LogP contribution in [0.4, 0.5) is 18.9 Å². The average molecular weight is 454 g/mol. The number of halogens is 3. The number of carbonyl (C=O) groups is 3. The molecule has 1 heterocycles. The third kappa shape index (κ3) is 5.81. The van der Waals surface area contributed by atoms with Crippen LogP contribution in [0.5, 0.6) is 0 Å². The minimum Gasteiger partial charge on any atom is -0.355 e. The molecule has 1 aromatic carbocycles. The largest absolute Gasteiger partial charge is 0.355 e. The topological polar surface area (TPSA) is 87.3 Å². The van der Waals surface area contributed by atoms with E-state index in [1.54, 1.807) is 12.1 Å². The molecule has 2 atom stereocenters. The Morgan fingerprint density at radius 2 is 1.84 bits per heavy atom. The molecule has 2 aliphatic rings. The molecule has 176 valence electrons. The van der Waals surface area contributed by atoms with Gasteiger partial charge in [-0.15, -0.1) is 0 Å². The Morgan fingerprint density at radius 3 is 2.38 bits per heavy atom. The second-order valence-corrected chi connectivity index (χ2v) is 9.82. The predicted molar refractivity (Wildman–Crippen MR) is 114 cm³/mol. The van der Waals surface area contributed by atoms with E-state index >= 15 is 0 Å². The molecule has 3 rings (SSSR count). The Bertz CT molecular complexity index is 888. The lowest BCUT2D eigenvalue weighted by molar-refractivity contribution is -0.131. The van der Waals surface area contributed by atoms with Crippen molar-refractivity contribution in [2.45, 2.75) is 70.3 Å². The SMILES string of the molecule is CC(C)(C)c1ccc(NC(=O)C(NC(=O)[C@H]2CNC(=O)C2)C2CCC(F)(F)CC2)cc1F. The molecule has 3 N–H and O–H groups in total. The van der Waals surface area contributed by atoms with Crippen molar-refractivity contribution in [3.05, 3.63) is 29.6 Å². The number of hydrogen-bond acceptors (Lipinski definition) is 3. The predicted octanol–water partition coefficient (Wildman–Crippen LogP) is 3.51. The zero-order valence-corrected chi connectivity index (χ0v) is 18.6. The van der Waals surface area contributed by atoms with Crippen molar-refractivity contribution in [3.8, 4) is 0 Å². The van der Waals surface area contributed by atoms with E-state index in [-0.39, 0.29) is 50.2 Å². The highest BCUT2D eigenvalue weighted by Gasteiger charge is 2.41. The first-order chi connectivity index (χ1) is 14.9. The van der Waals surface area contributed by atoms with E-state index in [1.165, 1.54) is 6.07 Å². The van der Waals surface area contributed by atoms with E-state index in [0.717, 1.165) is 0 Å². The quantitative estimate of drug-likeness (QED) is 0.638. The number of rotatable bonds is 5. The van der Waals surface area contributed by atoms with Gasteiger partial charge in [0, 0.05) is 31.5 Å². The zero-order chi connectivity index (χ0) is 23.7. The van der Waals surface area contributed by atoms with Gasteiger partial charge in [-0.25, -0.2) is 13.2 Å². The lowest BCUT2D eigenvalue weighted by Crippen LogP contribution is -2.51. The monoisotopic (exact) mass is 453 g/mol. The Balaban J connectivity index is 1.76. The molecule has 0 aromatic heterocycles. The van der Waals surface area contributed by atoms with Crippen molar-refractivity contribution in [3.63, 3.8) is 0 Å². The van der Waals surface area contributed by atoms with Crippen LogP contribution in [-0.2, 0) is 19.8 Å². The maximum Gasteiger partial charge on any atom is 0.248 e. The van der Waals surface area contributed by atoms with Gasteiger partial charge in [0.1, 0.15) is 11.9 Å². The number of anilines is 1. The van der Waals surface area contributed by atoms with E-state index in [2.05, 4.69) is 16.0 Å². The van der Waals surface area contributed by atoms with Crippen molar-refractivity contribution in [2.75, 3.05) is 11.9 Å². The third-order valence-electron chi connectivity index (χ3n) is 6.21. The second-order valence-electron chi connectivity index (χ2n) is 9.82. The molecule has 2 fully saturated rings. The average Bonchev–Trinajstić information content (AvgIpc) is 3.12. The Morgan fingerprint density at radius 1 is 1.19 bits per heavy atom. The molecule has 1 aromatic rings. The van der Waals surface area contributed by atoms with Gasteiger partial charge in [-0.05, 0) is 41.9 Å². The van der Waals surface area contributed by atoms with Crippen LogP contribution < -0.4 is 16.0 Å². The molecular weight excluding hydrogens is 423 g/mol. The fraction of sp³-hybridized carbons (Fsp3) is 0.609. The molecule has 1 unspecified atom stereocenters. The van der Waals surface area contributed by atoms with Gasteiger partial charge in [-0.1, -0.05) is 26.8 Å². The fourth-order valence-electron chi connectivity index (χ4n) is 4.28. The molecule has 6 nitrogen and oxygen atoms in total. The van der Waals surface area contributed by atoms with Gasteiger partial charge in [0.15, 0.2) is 0 Å². The molecule has 9 heteroatoms. The Hall–Kier alpha value is -2.58. The molecular formula is C23H30F3N3O3. The summed E-state index contributed by atoms with van der Waals surface area (Å²) in [6, 6.07) is 3.33. The minimum atomic E-state index is -2.78. The van der Waals surface area contributed by atoms with Gasteiger partial charge in [0.05, 0.1) is 5.92 Å². The summed E-state index contributed by atoms with van der Waals surface area (Å²) >= 11 is 0. The molecule has 0 radical (unpaired) electrons. The van der Waals surface area contributed by atoms with Crippen LogP contribution in [0.2, 0.25) is 0 Å². The highest BCUT2D eigenvalue weighted by molar-refractivity contribution is 5.98.